The molecule has 0 unspecified atom stereocenters. The van der Waals surface area contributed by atoms with Gasteiger partial charge in [0.25, 0.3) is 0 Å². The van der Waals surface area contributed by atoms with Gasteiger partial charge in [-0.25, -0.2) is 0 Å². The number of unbranched alkanes of at least 4 members (excludes halogenated alkanes) is 1. The van der Waals surface area contributed by atoms with Gasteiger partial charge in [-0.3, -0.25) is 4.99 Å². The molecule has 0 aromatic heterocycles. The molecule has 120 valence electrons. The molecule has 22 heavy (non-hydrogen) atoms. The third-order valence-electron chi connectivity index (χ3n) is 3.21. The first kappa shape index (κ1) is 18.5. The number of halogens is 1. The first-order valence-electron chi connectivity index (χ1n) is 7.45. The van der Waals surface area contributed by atoms with E-state index in [1.807, 2.05) is 24.3 Å². The Bertz CT molecular complexity index is 596. The van der Waals surface area contributed by atoms with Gasteiger partial charge in [-0.2, -0.15) is 0 Å². The first-order valence-corrected chi connectivity index (χ1v) is 7.45. The highest BCUT2D eigenvalue weighted by atomic mass is 127. The van der Waals surface area contributed by atoms with E-state index in [2.05, 4.69) is 35.4 Å². The topological polar surface area (TPSA) is 59.6 Å². The van der Waals surface area contributed by atoms with Crippen molar-refractivity contribution < 1.29 is 4.74 Å². The summed E-state index contributed by atoms with van der Waals surface area (Å²) in [7, 11) is 0. The van der Waals surface area contributed by atoms with E-state index in [9.17, 15) is 0 Å². The number of ether oxygens (including phenoxy) is 1. The van der Waals surface area contributed by atoms with Crippen LogP contribution in [0.3, 0.4) is 0 Å². The SMILES string of the molecule is CCCCN=C(N)NCCOc1cccc2ccccc12.I. The van der Waals surface area contributed by atoms with Crippen LogP contribution in [0.2, 0.25) is 0 Å². The summed E-state index contributed by atoms with van der Waals surface area (Å²) >= 11 is 0. The van der Waals surface area contributed by atoms with Gasteiger partial charge in [0, 0.05) is 11.9 Å². The maximum absolute atomic E-state index is 5.82. The Kier molecular flexibility index (Phi) is 8.65. The molecule has 0 aliphatic carbocycles. The second-order valence-electron chi connectivity index (χ2n) is 4.87. The Morgan fingerprint density at radius 2 is 1.95 bits per heavy atom. The van der Waals surface area contributed by atoms with E-state index >= 15 is 0 Å². The van der Waals surface area contributed by atoms with Crippen molar-refractivity contribution in [2.75, 3.05) is 19.7 Å². The van der Waals surface area contributed by atoms with Crippen molar-refractivity contribution in [1.29, 1.82) is 0 Å². The van der Waals surface area contributed by atoms with Gasteiger partial charge in [-0.05, 0) is 17.9 Å². The van der Waals surface area contributed by atoms with E-state index in [4.69, 9.17) is 10.5 Å². The fourth-order valence-corrected chi connectivity index (χ4v) is 2.08. The minimum Gasteiger partial charge on any atom is -0.491 e. The Morgan fingerprint density at radius 3 is 2.77 bits per heavy atom. The molecule has 2 aromatic rings. The van der Waals surface area contributed by atoms with Gasteiger partial charge in [-0.15, -0.1) is 24.0 Å². The van der Waals surface area contributed by atoms with Crippen molar-refractivity contribution >= 4 is 40.7 Å². The van der Waals surface area contributed by atoms with Gasteiger partial charge < -0.3 is 15.8 Å². The van der Waals surface area contributed by atoms with Gasteiger partial charge in [0.05, 0.1) is 6.54 Å². The Labute approximate surface area is 149 Å². The zero-order valence-corrected chi connectivity index (χ0v) is 15.2. The van der Waals surface area contributed by atoms with E-state index in [-0.39, 0.29) is 24.0 Å². The highest BCUT2D eigenvalue weighted by Crippen LogP contribution is 2.24. The molecule has 0 heterocycles. The number of fused-ring (bicyclic) bond motifs is 1. The molecule has 0 radical (unpaired) electrons. The van der Waals surface area contributed by atoms with Crippen LogP contribution in [0.1, 0.15) is 19.8 Å². The van der Waals surface area contributed by atoms with E-state index in [1.165, 1.54) is 5.39 Å². The highest BCUT2D eigenvalue weighted by molar-refractivity contribution is 14.0. The lowest BCUT2D eigenvalue weighted by molar-refractivity contribution is 0.326. The van der Waals surface area contributed by atoms with Crippen molar-refractivity contribution in [1.82, 2.24) is 5.32 Å². The smallest absolute Gasteiger partial charge is 0.188 e. The number of nitrogens with one attached hydrogen (secondary N) is 1. The second kappa shape index (κ2) is 10.3. The average Bonchev–Trinajstić information content (AvgIpc) is 2.52. The number of benzene rings is 2. The Hall–Kier alpha value is -1.50. The van der Waals surface area contributed by atoms with Gasteiger partial charge >= 0.3 is 0 Å². The van der Waals surface area contributed by atoms with Crippen molar-refractivity contribution in [3.8, 4) is 5.75 Å². The molecule has 0 fully saturated rings. The van der Waals surface area contributed by atoms with Crippen LogP contribution in [0.25, 0.3) is 10.8 Å². The molecule has 0 bridgehead atoms. The summed E-state index contributed by atoms with van der Waals surface area (Å²) in [4.78, 5) is 4.24. The van der Waals surface area contributed by atoms with E-state index < -0.39 is 0 Å². The van der Waals surface area contributed by atoms with Crippen molar-refractivity contribution in [2.24, 2.45) is 10.7 Å². The van der Waals surface area contributed by atoms with Crippen LogP contribution in [0.15, 0.2) is 47.5 Å². The fraction of sp³-hybridized carbons (Fsp3) is 0.353. The summed E-state index contributed by atoms with van der Waals surface area (Å²) in [6, 6.07) is 14.3. The maximum atomic E-state index is 5.82. The third kappa shape index (κ3) is 5.71. The lowest BCUT2D eigenvalue weighted by Crippen LogP contribution is -2.34. The molecule has 3 N–H and O–H groups in total. The molecule has 0 aliphatic rings. The van der Waals surface area contributed by atoms with Crippen LogP contribution in [-0.4, -0.2) is 25.7 Å². The van der Waals surface area contributed by atoms with E-state index in [0.29, 0.717) is 19.1 Å². The molecule has 4 nitrogen and oxygen atoms in total. The van der Waals surface area contributed by atoms with Gasteiger partial charge in [0.2, 0.25) is 0 Å². The van der Waals surface area contributed by atoms with E-state index in [0.717, 1.165) is 30.5 Å². The van der Waals surface area contributed by atoms with E-state index in [1.54, 1.807) is 0 Å². The zero-order chi connectivity index (χ0) is 14.9. The fourth-order valence-electron chi connectivity index (χ4n) is 2.08. The highest BCUT2D eigenvalue weighted by Gasteiger charge is 2.00. The molecule has 0 saturated heterocycles. The van der Waals surface area contributed by atoms with Crippen molar-refractivity contribution in [2.45, 2.75) is 19.8 Å². The normalized spacial score (nSPS) is 11.0. The average molecular weight is 413 g/mol. The van der Waals surface area contributed by atoms with Crippen LogP contribution in [0, 0.1) is 0 Å². The quantitative estimate of drug-likeness (QED) is 0.316. The van der Waals surface area contributed by atoms with Gasteiger partial charge in [-0.1, -0.05) is 49.7 Å². The minimum atomic E-state index is 0. The molecule has 2 aromatic carbocycles. The number of aliphatic imine (C=N–C) groups is 1. The van der Waals surface area contributed by atoms with Gasteiger partial charge in [0.15, 0.2) is 5.96 Å². The number of hydrogen-bond acceptors (Lipinski definition) is 2. The molecular formula is C17H24IN3O. The maximum Gasteiger partial charge on any atom is 0.188 e. The van der Waals surface area contributed by atoms with Crippen LogP contribution < -0.4 is 15.8 Å². The van der Waals surface area contributed by atoms with Crippen LogP contribution in [0.5, 0.6) is 5.75 Å². The van der Waals surface area contributed by atoms with Crippen LogP contribution in [0.4, 0.5) is 0 Å². The monoisotopic (exact) mass is 413 g/mol. The van der Waals surface area contributed by atoms with Crippen LogP contribution in [-0.2, 0) is 0 Å². The number of guanidine groups is 1. The summed E-state index contributed by atoms with van der Waals surface area (Å²) in [5, 5.41) is 5.38. The molecule has 2 rings (SSSR count). The minimum absolute atomic E-state index is 0. The lowest BCUT2D eigenvalue weighted by Gasteiger charge is -2.10. The third-order valence-corrected chi connectivity index (χ3v) is 3.21. The molecule has 0 atom stereocenters. The zero-order valence-electron chi connectivity index (χ0n) is 12.9. The number of nitrogens with zero attached hydrogens (tertiary/aromatic N) is 1. The van der Waals surface area contributed by atoms with Crippen molar-refractivity contribution in [3.63, 3.8) is 0 Å². The van der Waals surface area contributed by atoms with Crippen LogP contribution >= 0.6 is 24.0 Å². The molecule has 0 saturated carbocycles. The summed E-state index contributed by atoms with van der Waals surface area (Å²) < 4.78 is 5.82. The largest absolute Gasteiger partial charge is 0.491 e. The first-order chi connectivity index (χ1) is 10.3. The standard InChI is InChI=1S/C17H23N3O.HI/c1-2-3-11-19-17(18)20-12-13-21-16-10-6-8-14-7-4-5-9-15(14)16;/h4-10H,2-3,11-13H2,1H3,(H3,18,19,20);1H. The number of rotatable bonds is 7. The summed E-state index contributed by atoms with van der Waals surface area (Å²) in [6.45, 7) is 4.11. The number of hydrogen-bond donors (Lipinski definition) is 2. The number of nitrogens with two attached hydrogens (primary N) is 1. The molecule has 0 spiro atoms. The second-order valence-corrected chi connectivity index (χ2v) is 4.87. The van der Waals surface area contributed by atoms with Crippen molar-refractivity contribution in [3.05, 3.63) is 42.5 Å². The molecule has 0 amide bonds. The summed E-state index contributed by atoms with van der Waals surface area (Å²) in [5.74, 6) is 1.39. The lowest BCUT2D eigenvalue weighted by atomic mass is 10.1. The summed E-state index contributed by atoms with van der Waals surface area (Å²) in [5.41, 5.74) is 5.77. The predicted molar refractivity (Wildman–Crippen MR) is 104 cm³/mol. The molecular weight excluding hydrogens is 389 g/mol. The Balaban J connectivity index is 0.00000242. The predicted octanol–water partition coefficient (Wildman–Crippen LogP) is 3.54. The molecule has 0 aliphatic heterocycles. The summed E-state index contributed by atoms with van der Waals surface area (Å²) in [6.07, 6.45) is 2.19. The molecule has 5 heteroatoms. The van der Waals surface area contributed by atoms with Gasteiger partial charge in [0.1, 0.15) is 12.4 Å². The Morgan fingerprint density at radius 1 is 1.18 bits per heavy atom.